The summed E-state index contributed by atoms with van der Waals surface area (Å²) in [5, 5.41) is 16.5. The van der Waals surface area contributed by atoms with Gasteiger partial charge in [0.15, 0.2) is 0 Å². The summed E-state index contributed by atoms with van der Waals surface area (Å²) in [5.41, 5.74) is 1.87. The summed E-state index contributed by atoms with van der Waals surface area (Å²) >= 11 is 0. The molecule has 3 fully saturated rings. The number of carbonyl (C=O) groups is 3. The minimum Gasteiger partial charge on any atom is -0.457 e. The highest BCUT2D eigenvalue weighted by molar-refractivity contribution is 6.00. The van der Waals surface area contributed by atoms with Gasteiger partial charge in [-0.2, -0.15) is 0 Å². The Morgan fingerprint density at radius 3 is 2.34 bits per heavy atom. The summed E-state index contributed by atoms with van der Waals surface area (Å²) in [5.74, 6) is 0.853. The molecule has 2 aromatic carbocycles. The minimum absolute atomic E-state index is 0.143. The normalized spacial score (nSPS) is 21.1. The second kappa shape index (κ2) is 14.4. The fraction of sp³-hybridized carbons (Fsp3) is 0.500. The number of unbranched alkanes of at least 4 members (excludes halogenated alkanes) is 1. The van der Waals surface area contributed by atoms with Gasteiger partial charge in [0.1, 0.15) is 29.2 Å². The number of aliphatic hydroxyl groups is 1. The number of nitrogens with zero attached hydrogens (tertiary/aromatic N) is 2. The predicted molar refractivity (Wildman–Crippen MR) is 166 cm³/mol. The van der Waals surface area contributed by atoms with Crippen LogP contribution in [0.2, 0.25) is 0 Å². The molecular formula is C34H44N4O6. The van der Waals surface area contributed by atoms with Gasteiger partial charge in [-0.1, -0.05) is 37.1 Å². The minimum atomic E-state index is -1.06. The molecular weight excluding hydrogens is 560 g/mol. The van der Waals surface area contributed by atoms with Crippen LogP contribution in [0.4, 0.5) is 0 Å². The van der Waals surface area contributed by atoms with Gasteiger partial charge in [0, 0.05) is 38.8 Å². The van der Waals surface area contributed by atoms with Crippen molar-refractivity contribution in [2.24, 2.45) is 0 Å². The van der Waals surface area contributed by atoms with Gasteiger partial charge in [0.05, 0.1) is 13.2 Å². The maximum atomic E-state index is 13.8. The predicted octanol–water partition coefficient (Wildman–Crippen LogP) is 3.40. The molecule has 0 saturated carbocycles. The molecule has 0 aromatic heterocycles. The van der Waals surface area contributed by atoms with E-state index in [-0.39, 0.29) is 17.7 Å². The molecule has 0 aliphatic carbocycles. The van der Waals surface area contributed by atoms with Crippen molar-refractivity contribution >= 4 is 17.7 Å². The van der Waals surface area contributed by atoms with E-state index in [2.05, 4.69) is 22.5 Å². The largest absolute Gasteiger partial charge is 0.457 e. The zero-order chi connectivity index (χ0) is 31.1. The van der Waals surface area contributed by atoms with E-state index >= 15 is 0 Å². The second-order valence-corrected chi connectivity index (χ2v) is 11.9. The summed E-state index contributed by atoms with van der Waals surface area (Å²) in [4.78, 5) is 43.3. The van der Waals surface area contributed by atoms with Gasteiger partial charge in [-0.25, -0.2) is 0 Å². The molecule has 3 aliphatic rings. The number of carbonyl (C=O) groups excluding carboxylic acids is 3. The number of benzene rings is 2. The van der Waals surface area contributed by atoms with Crippen LogP contribution >= 0.6 is 0 Å². The molecule has 3 heterocycles. The Bertz CT molecular complexity index is 1330. The smallest absolute Gasteiger partial charge is 0.251 e. The fourth-order valence-corrected chi connectivity index (χ4v) is 6.30. The summed E-state index contributed by atoms with van der Waals surface area (Å²) < 4.78 is 11.3. The van der Waals surface area contributed by atoms with Gasteiger partial charge in [-0.15, -0.1) is 0 Å². The maximum Gasteiger partial charge on any atom is 0.251 e. The molecule has 3 aliphatic heterocycles. The van der Waals surface area contributed by atoms with Gasteiger partial charge in [-0.05, 0) is 74.1 Å². The Hall–Kier alpha value is -3.73. The maximum absolute atomic E-state index is 13.8. The van der Waals surface area contributed by atoms with Gasteiger partial charge in [0.25, 0.3) is 5.91 Å². The van der Waals surface area contributed by atoms with Crippen LogP contribution in [-0.2, 0) is 20.9 Å². The van der Waals surface area contributed by atoms with E-state index in [0.717, 1.165) is 43.4 Å². The van der Waals surface area contributed by atoms with Crippen molar-refractivity contribution in [3.63, 3.8) is 0 Å². The van der Waals surface area contributed by atoms with Crippen molar-refractivity contribution in [2.75, 3.05) is 39.9 Å². The van der Waals surface area contributed by atoms with E-state index in [9.17, 15) is 19.5 Å². The number of hydrogen-bond donors (Lipinski definition) is 3. The molecule has 3 amide bonds. The van der Waals surface area contributed by atoms with Crippen LogP contribution in [0.25, 0.3) is 0 Å². The highest BCUT2D eigenvalue weighted by Gasteiger charge is 2.54. The molecule has 10 heteroatoms. The summed E-state index contributed by atoms with van der Waals surface area (Å²) in [7, 11) is 1.60. The van der Waals surface area contributed by atoms with Crippen molar-refractivity contribution in [1.82, 2.24) is 20.4 Å². The number of piperazine rings is 1. The highest BCUT2D eigenvalue weighted by atomic mass is 16.5. The number of likely N-dealkylation sites (tertiary alicyclic amines) is 1. The van der Waals surface area contributed by atoms with E-state index in [1.54, 1.807) is 42.3 Å². The van der Waals surface area contributed by atoms with E-state index in [1.807, 2.05) is 24.3 Å². The number of hydrogen-bond acceptors (Lipinski definition) is 7. The first kappa shape index (κ1) is 31.7. The van der Waals surface area contributed by atoms with E-state index in [1.165, 1.54) is 0 Å². The number of piperidine rings is 1. The lowest BCUT2D eigenvalue weighted by molar-refractivity contribution is -0.163. The Balaban J connectivity index is 1.19. The van der Waals surface area contributed by atoms with Crippen molar-refractivity contribution in [1.29, 1.82) is 0 Å². The standard InChI is InChI=1S/C34H44N4O6/c1-3-4-17-38-32(41)30(29(39)22-24-13-20-43-21-14-24)36-33(42)34(38)15-18-37(19-16-34)23-25-5-9-27(10-6-25)44-28-11-7-26(8-12-28)31(40)35-2/h5-12,22,29-30,39H,3-4,13-21,23H2,1-2H3,(H,35,40)(H,36,42)/t29-,30-/m1/s1. The van der Waals surface area contributed by atoms with E-state index < -0.39 is 17.7 Å². The number of amides is 3. The quantitative estimate of drug-likeness (QED) is 0.356. The molecule has 10 nitrogen and oxygen atoms in total. The first-order valence-corrected chi connectivity index (χ1v) is 15.7. The van der Waals surface area contributed by atoms with E-state index in [0.29, 0.717) is 62.8 Å². The Kier molecular flexibility index (Phi) is 10.3. The average Bonchev–Trinajstić information content (AvgIpc) is 3.05. The Morgan fingerprint density at radius 2 is 1.73 bits per heavy atom. The van der Waals surface area contributed by atoms with Crippen molar-refractivity contribution in [3.05, 3.63) is 71.3 Å². The van der Waals surface area contributed by atoms with Crippen LogP contribution in [0.15, 0.2) is 60.2 Å². The number of ether oxygens (including phenoxy) is 2. The molecule has 2 aromatic rings. The Labute approximate surface area is 259 Å². The topological polar surface area (TPSA) is 120 Å². The highest BCUT2D eigenvalue weighted by Crippen LogP contribution is 2.35. The number of nitrogens with one attached hydrogen (secondary N) is 2. The SMILES string of the molecule is CCCCN1C(=O)[C@@H]([C@H](O)C=C2CCOCC2)NC(=O)C12CCN(Cc1ccc(Oc3ccc(C(=O)NC)cc3)cc1)CC2. The third-order valence-corrected chi connectivity index (χ3v) is 8.97. The summed E-state index contributed by atoms with van der Waals surface area (Å²) in [6.07, 6.45) is 4.94. The zero-order valence-corrected chi connectivity index (χ0v) is 25.7. The molecule has 236 valence electrons. The first-order valence-electron chi connectivity index (χ1n) is 15.7. The zero-order valence-electron chi connectivity index (χ0n) is 25.7. The molecule has 3 saturated heterocycles. The van der Waals surface area contributed by atoms with Crippen molar-refractivity contribution < 1.29 is 29.0 Å². The van der Waals surface area contributed by atoms with Crippen LogP contribution in [0, 0.1) is 0 Å². The van der Waals surface area contributed by atoms with Crippen molar-refractivity contribution in [3.8, 4) is 11.5 Å². The molecule has 0 radical (unpaired) electrons. The van der Waals surface area contributed by atoms with Crippen LogP contribution < -0.4 is 15.4 Å². The lowest BCUT2D eigenvalue weighted by atomic mass is 9.80. The van der Waals surface area contributed by atoms with Crippen LogP contribution in [-0.4, -0.2) is 90.2 Å². The average molecular weight is 605 g/mol. The fourth-order valence-electron chi connectivity index (χ4n) is 6.30. The summed E-state index contributed by atoms with van der Waals surface area (Å²) in [6, 6.07) is 13.9. The third-order valence-electron chi connectivity index (χ3n) is 8.97. The van der Waals surface area contributed by atoms with Gasteiger partial charge in [0.2, 0.25) is 11.8 Å². The molecule has 5 rings (SSSR count). The third kappa shape index (κ3) is 7.14. The van der Waals surface area contributed by atoms with Gasteiger partial charge in [-0.3, -0.25) is 19.3 Å². The monoisotopic (exact) mass is 604 g/mol. The molecule has 3 N–H and O–H groups in total. The number of aliphatic hydroxyl groups excluding tert-OH is 1. The van der Waals surface area contributed by atoms with Crippen LogP contribution in [0.3, 0.4) is 0 Å². The molecule has 0 bridgehead atoms. The van der Waals surface area contributed by atoms with Gasteiger partial charge >= 0.3 is 0 Å². The van der Waals surface area contributed by atoms with Gasteiger partial charge < -0.3 is 30.1 Å². The molecule has 44 heavy (non-hydrogen) atoms. The second-order valence-electron chi connectivity index (χ2n) is 11.9. The molecule has 1 spiro atoms. The molecule has 2 atom stereocenters. The Morgan fingerprint density at radius 1 is 1.09 bits per heavy atom. The molecule has 0 unspecified atom stereocenters. The van der Waals surface area contributed by atoms with Crippen molar-refractivity contribution in [2.45, 2.75) is 69.7 Å². The lowest BCUT2D eigenvalue weighted by Gasteiger charge is -2.52. The van der Waals surface area contributed by atoms with E-state index in [4.69, 9.17) is 9.47 Å². The number of rotatable bonds is 10. The van der Waals surface area contributed by atoms with Crippen LogP contribution in [0.1, 0.15) is 61.4 Å². The summed E-state index contributed by atoms with van der Waals surface area (Å²) in [6.45, 7) is 5.88. The lowest BCUT2D eigenvalue weighted by Crippen LogP contribution is -2.74. The van der Waals surface area contributed by atoms with Crippen LogP contribution in [0.5, 0.6) is 11.5 Å². The first-order chi connectivity index (χ1) is 21.3.